The maximum absolute atomic E-state index is 13.5. The minimum atomic E-state index is -0.939. The monoisotopic (exact) mass is 241 g/mol. The second-order valence-electron chi connectivity index (χ2n) is 4.19. The van der Waals surface area contributed by atoms with Gasteiger partial charge in [-0.2, -0.15) is 0 Å². The fourth-order valence-electron chi connectivity index (χ4n) is 1.21. The van der Waals surface area contributed by atoms with Crippen LogP contribution in [-0.4, -0.2) is 27.6 Å². The Morgan fingerprint density at radius 2 is 2.24 bits per heavy atom. The van der Waals surface area contributed by atoms with Crippen molar-refractivity contribution in [2.75, 3.05) is 11.9 Å². The van der Waals surface area contributed by atoms with Crippen LogP contribution in [0.25, 0.3) is 0 Å². The molecule has 0 aromatic carbocycles. The predicted molar refractivity (Wildman–Crippen MR) is 61.3 cm³/mol. The molecule has 1 rings (SSSR count). The summed E-state index contributed by atoms with van der Waals surface area (Å²) in [4.78, 5) is 18.5. The molecule has 0 amide bonds. The van der Waals surface area contributed by atoms with Crippen LogP contribution in [0.2, 0.25) is 0 Å². The van der Waals surface area contributed by atoms with Crippen molar-refractivity contribution in [3.63, 3.8) is 0 Å². The number of nitrogens with one attached hydrogen (secondary N) is 1. The van der Waals surface area contributed by atoms with Gasteiger partial charge in [0.15, 0.2) is 11.6 Å². The van der Waals surface area contributed by atoms with Crippen LogP contribution in [0.3, 0.4) is 0 Å². The van der Waals surface area contributed by atoms with E-state index in [1.165, 1.54) is 13.3 Å². The number of hydrogen-bond acceptors (Lipinski definition) is 4. The zero-order valence-electron chi connectivity index (χ0n) is 10.1. The van der Waals surface area contributed by atoms with Gasteiger partial charge in [0.2, 0.25) is 0 Å². The van der Waals surface area contributed by atoms with Crippen molar-refractivity contribution in [1.82, 2.24) is 9.97 Å². The number of carboxylic acid groups (broad SMARTS) is 1. The van der Waals surface area contributed by atoms with E-state index in [2.05, 4.69) is 15.3 Å². The van der Waals surface area contributed by atoms with Crippen molar-refractivity contribution in [2.45, 2.75) is 27.2 Å². The summed E-state index contributed by atoms with van der Waals surface area (Å²) in [6.07, 6.45) is 1.69. The molecule has 0 spiro atoms. The zero-order chi connectivity index (χ0) is 13.1. The molecule has 5 nitrogen and oxygen atoms in total. The minimum Gasteiger partial charge on any atom is -0.481 e. The number of hydrogen-bond donors (Lipinski definition) is 2. The molecule has 17 heavy (non-hydrogen) atoms. The first-order chi connectivity index (χ1) is 7.90. The highest BCUT2D eigenvalue weighted by molar-refractivity contribution is 5.74. The standard InChI is InChI=1S/C11H16FN3O2/c1-4-11(3,10(16)17)5-13-9-8(12)7(2)14-6-15-9/h6H,4-5H2,1-3H3,(H,16,17)(H,13,14,15). The van der Waals surface area contributed by atoms with E-state index in [-0.39, 0.29) is 18.1 Å². The van der Waals surface area contributed by atoms with Crippen molar-refractivity contribution < 1.29 is 14.3 Å². The molecule has 0 aliphatic rings. The van der Waals surface area contributed by atoms with Gasteiger partial charge in [0.25, 0.3) is 0 Å². The molecule has 0 aliphatic heterocycles. The summed E-state index contributed by atoms with van der Waals surface area (Å²) in [7, 11) is 0. The van der Waals surface area contributed by atoms with Crippen molar-refractivity contribution in [2.24, 2.45) is 5.41 Å². The van der Waals surface area contributed by atoms with Crippen molar-refractivity contribution in [3.05, 3.63) is 17.8 Å². The highest BCUT2D eigenvalue weighted by Gasteiger charge is 2.31. The van der Waals surface area contributed by atoms with Gasteiger partial charge in [-0.15, -0.1) is 0 Å². The number of aliphatic carboxylic acids is 1. The second kappa shape index (κ2) is 5.07. The van der Waals surface area contributed by atoms with E-state index in [0.717, 1.165) is 0 Å². The second-order valence-corrected chi connectivity index (χ2v) is 4.19. The van der Waals surface area contributed by atoms with Crippen molar-refractivity contribution in [1.29, 1.82) is 0 Å². The third kappa shape index (κ3) is 2.89. The van der Waals surface area contributed by atoms with E-state index in [0.29, 0.717) is 6.42 Å². The molecule has 0 saturated carbocycles. The Morgan fingerprint density at radius 1 is 1.59 bits per heavy atom. The molecule has 0 saturated heterocycles. The lowest BCUT2D eigenvalue weighted by molar-refractivity contribution is -0.147. The predicted octanol–water partition coefficient (Wildman–Crippen LogP) is 1.84. The first-order valence-electron chi connectivity index (χ1n) is 5.35. The van der Waals surface area contributed by atoms with E-state index in [9.17, 15) is 9.18 Å². The number of rotatable bonds is 5. The van der Waals surface area contributed by atoms with E-state index >= 15 is 0 Å². The molecule has 1 aromatic heterocycles. The molecule has 1 aromatic rings. The molecule has 6 heteroatoms. The highest BCUT2D eigenvalue weighted by Crippen LogP contribution is 2.22. The van der Waals surface area contributed by atoms with Crippen LogP contribution in [0.1, 0.15) is 26.0 Å². The largest absolute Gasteiger partial charge is 0.481 e. The fraction of sp³-hybridized carbons (Fsp3) is 0.545. The lowest BCUT2D eigenvalue weighted by atomic mass is 9.88. The lowest BCUT2D eigenvalue weighted by Gasteiger charge is -2.23. The summed E-state index contributed by atoms with van der Waals surface area (Å²) in [5.41, 5.74) is -0.707. The van der Waals surface area contributed by atoms with Crippen LogP contribution in [0.4, 0.5) is 10.2 Å². The summed E-state index contributed by atoms with van der Waals surface area (Å²) in [6.45, 7) is 5.02. The number of halogens is 1. The van der Waals surface area contributed by atoms with Gasteiger partial charge in [-0.05, 0) is 20.3 Å². The Bertz CT molecular complexity index is 425. The fourth-order valence-corrected chi connectivity index (χ4v) is 1.21. The molecule has 0 fully saturated rings. The third-order valence-electron chi connectivity index (χ3n) is 2.91. The Kier molecular flexibility index (Phi) is 3.98. The maximum atomic E-state index is 13.5. The quantitative estimate of drug-likeness (QED) is 0.822. The van der Waals surface area contributed by atoms with Gasteiger partial charge >= 0.3 is 5.97 Å². The molecular formula is C11H16FN3O2. The average Bonchev–Trinajstić information content (AvgIpc) is 2.30. The Labute approximate surface area is 99.1 Å². The van der Waals surface area contributed by atoms with Gasteiger partial charge < -0.3 is 10.4 Å². The Hall–Kier alpha value is -1.72. The summed E-state index contributed by atoms with van der Waals surface area (Å²) in [6, 6.07) is 0. The summed E-state index contributed by atoms with van der Waals surface area (Å²) in [5.74, 6) is -1.42. The SMILES string of the molecule is CCC(C)(CNc1ncnc(C)c1F)C(=O)O. The van der Waals surface area contributed by atoms with Crippen LogP contribution < -0.4 is 5.32 Å². The number of carbonyl (C=O) groups is 1. The van der Waals surface area contributed by atoms with Gasteiger partial charge in [0.05, 0.1) is 11.1 Å². The Balaban J connectivity index is 2.80. The van der Waals surface area contributed by atoms with Crippen LogP contribution in [-0.2, 0) is 4.79 Å². The minimum absolute atomic E-state index is 0.0402. The van der Waals surface area contributed by atoms with Gasteiger partial charge in [0.1, 0.15) is 6.33 Å². The van der Waals surface area contributed by atoms with Gasteiger partial charge in [-0.25, -0.2) is 14.4 Å². The zero-order valence-corrected chi connectivity index (χ0v) is 10.1. The van der Waals surface area contributed by atoms with Crippen molar-refractivity contribution >= 4 is 11.8 Å². The topological polar surface area (TPSA) is 75.1 Å². The van der Waals surface area contributed by atoms with Gasteiger partial charge in [0, 0.05) is 6.54 Å². The number of aryl methyl sites for hydroxylation is 1. The highest BCUT2D eigenvalue weighted by atomic mass is 19.1. The molecule has 94 valence electrons. The van der Waals surface area contributed by atoms with Crippen LogP contribution in [0.5, 0.6) is 0 Å². The third-order valence-corrected chi connectivity index (χ3v) is 2.91. The lowest BCUT2D eigenvalue weighted by Crippen LogP contribution is -2.34. The normalized spacial score (nSPS) is 14.1. The first kappa shape index (κ1) is 13.3. The van der Waals surface area contributed by atoms with Crippen molar-refractivity contribution in [3.8, 4) is 0 Å². The molecule has 2 N–H and O–H groups in total. The summed E-state index contributed by atoms with van der Waals surface area (Å²) < 4.78 is 13.5. The average molecular weight is 241 g/mol. The van der Waals surface area contributed by atoms with Gasteiger partial charge in [-0.1, -0.05) is 6.92 Å². The molecule has 0 radical (unpaired) electrons. The molecule has 1 heterocycles. The van der Waals surface area contributed by atoms with E-state index in [4.69, 9.17) is 5.11 Å². The number of nitrogens with zero attached hydrogens (tertiary/aromatic N) is 2. The number of aromatic nitrogens is 2. The molecule has 1 atom stereocenters. The smallest absolute Gasteiger partial charge is 0.311 e. The molecule has 1 unspecified atom stereocenters. The van der Waals surface area contributed by atoms with E-state index in [1.54, 1.807) is 13.8 Å². The van der Waals surface area contributed by atoms with Gasteiger partial charge in [-0.3, -0.25) is 4.79 Å². The number of anilines is 1. The van der Waals surface area contributed by atoms with Crippen LogP contribution in [0.15, 0.2) is 6.33 Å². The number of carboxylic acids is 1. The summed E-state index contributed by atoms with van der Waals surface area (Å²) >= 11 is 0. The summed E-state index contributed by atoms with van der Waals surface area (Å²) in [5, 5.41) is 11.8. The van der Waals surface area contributed by atoms with Crippen LogP contribution >= 0.6 is 0 Å². The first-order valence-corrected chi connectivity index (χ1v) is 5.35. The Morgan fingerprint density at radius 3 is 2.76 bits per heavy atom. The molecule has 0 aliphatic carbocycles. The van der Waals surface area contributed by atoms with E-state index < -0.39 is 17.2 Å². The molecule has 0 bridgehead atoms. The van der Waals surface area contributed by atoms with E-state index in [1.807, 2.05) is 0 Å². The van der Waals surface area contributed by atoms with Crippen LogP contribution in [0, 0.1) is 18.2 Å². The molecular weight excluding hydrogens is 225 g/mol. The maximum Gasteiger partial charge on any atom is 0.311 e.